The fourth-order valence-electron chi connectivity index (χ4n) is 1.42. The Balaban J connectivity index is 2.14. The molecule has 1 aromatic heterocycles. The molecule has 0 radical (unpaired) electrons. The lowest BCUT2D eigenvalue weighted by atomic mass is 10.2. The van der Waals surface area contributed by atoms with Crippen molar-refractivity contribution in [2.45, 2.75) is 12.7 Å². The van der Waals surface area contributed by atoms with Crippen LogP contribution in [0.15, 0.2) is 22.6 Å². The van der Waals surface area contributed by atoms with Crippen molar-refractivity contribution in [1.29, 1.82) is 0 Å². The molecule has 0 saturated carbocycles. The summed E-state index contributed by atoms with van der Waals surface area (Å²) in [4.78, 5) is 14.7. The van der Waals surface area contributed by atoms with Gasteiger partial charge in [-0.15, -0.1) is 11.8 Å². The van der Waals surface area contributed by atoms with Crippen molar-refractivity contribution < 1.29 is 14.3 Å². The molecule has 2 aromatic rings. The molecule has 1 heterocycles. The van der Waals surface area contributed by atoms with Crippen molar-refractivity contribution in [3.05, 3.63) is 29.7 Å². The maximum atomic E-state index is 10.3. The van der Waals surface area contributed by atoms with Gasteiger partial charge >= 0.3 is 5.97 Å². The van der Waals surface area contributed by atoms with Crippen LogP contribution in [-0.4, -0.2) is 21.8 Å². The second-order valence-electron chi connectivity index (χ2n) is 3.42. The number of oxazole rings is 1. The highest BCUT2D eigenvalue weighted by atomic mass is 32.2. The number of aryl methyl sites for hydroxylation is 1. The normalized spacial score (nSPS) is 10.8. The fraction of sp³-hybridized carbons (Fsp3) is 0.273. The lowest BCUT2D eigenvalue weighted by molar-refractivity contribution is -0.133. The number of fused-ring (bicyclic) bond motifs is 1. The Morgan fingerprint density at radius 3 is 3.06 bits per heavy atom. The van der Waals surface area contributed by atoms with Crippen LogP contribution in [0.3, 0.4) is 0 Å². The summed E-state index contributed by atoms with van der Waals surface area (Å²) in [5, 5.41) is 8.50. The van der Waals surface area contributed by atoms with Gasteiger partial charge in [0.25, 0.3) is 0 Å². The van der Waals surface area contributed by atoms with Gasteiger partial charge in [0.1, 0.15) is 5.52 Å². The van der Waals surface area contributed by atoms with E-state index in [4.69, 9.17) is 9.52 Å². The van der Waals surface area contributed by atoms with Gasteiger partial charge in [0, 0.05) is 0 Å². The van der Waals surface area contributed by atoms with E-state index in [2.05, 4.69) is 4.98 Å². The summed E-state index contributed by atoms with van der Waals surface area (Å²) in [5.74, 6) is 0.311. The van der Waals surface area contributed by atoms with Crippen molar-refractivity contribution in [3.63, 3.8) is 0 Å². The van der Waals surface area contributed by atoms with E-state index < -0.39 is 5.97 Å². The van der Waals surface area contributed by atoms with Crippen LogP contribution in [0.25, 0.3) is 11.1 Å². The third kappa shape index (κ3) is 2.36. The van der Waals surface area contributed by atoms with Crippen molar-refractivity contribution in [2.75, 3.05) is 5.75 Å². The standard InChI is InChI=1S/C11H11NO3S/c1-7-3-2-4-8-11(7)12-9(15-8)5-16-6-10(13)14/h2-4H,5-6H2,1H3,(H,13,14). The number of carboxylic acid groups (broad SMARTS) is 1. The quantitative estimate of drug-likeness (QED) is 0.884. The zero-order valence-electron chi connectivity index (χ0n) is 8.77. The Bertz CT molecular complexity index is 521. The number of benzene rings is 1. The Hall–Kier alpha value is -1.49. The zero-order chi connectivity index (χ0) is 11.5. The molecular formula is C11H11NO3S. The molecule has 2 rings (SSSR count). The number of para-hydroxylation sites is 1. The first kappa shape index (κ1) is 11.0. The number of nitrogens with zero attached hydrogens (tertiary/aromatic N) is 1. The summed E-state index contributed by atoms with van der Waals surface area (Å²) in [6, 6.07) is 5.75. The van der Waals surface area contributed by atoms with Gasteiger partial charge in [-0.05, 0) is 18.6 Å². The number of aliphatic carboxylic acids is 1. The van der Waals surface area contributed by atoms with E-state index in [0.717, 1.165) is 16.7 Å². The van der Waals surface area contributed by atoms with Crippen molar-refractivity contribution >= 4 is 28.8 Å². The van der Waals surface area contributed by atoms with Gasteiger partial charge in [-0.2, -0.15) is 0 Å². The lowest BCUT2D eigenvalue weighted by Gasteiger charge is -1.91. The number of aromatic nitrogens is 1. The van der Waals surface area contributed by atoms with Crippen LogP contribution in [0.1, 0.15) is 11.5 Å². The summed E-state index contributed by atoms with van der Waals surface area (Å²) in [7, 11) is 0. The van der Waals surface area contributed by atoms with Gasteiger partial charge in [0.05, 0.1) is 11.5 Å². The fourth-order valence-corrected chi connectivity index (χ4v) is 1.99. The maximum absolute atomic E-state index is 10.3. The predicted octanol–water partition coefficient (Wildman–Crippen LogP) is 2.45. The van der Waals surface area contributed by atoms with Crippen LogP contribution in [-0.2, 0) is 10.5 Å². The van der Waals surface area contributed by atoms with E-state index in [1.807, 2.05) is 25.1 Å². The molecule has 0 aliphatic rings. The van der Waals surface area contributed by atoms with Crippen LogP contribution in [0.5, 0.6) is 0 Å². The van der Waals surface area contributed by atoms with E-state index in [-0.39, 0.29) is 5.75 Å². The minimum atomic E-state index is -0.822. The molecule has 0 aliphatic carbocycles. The number of rotatable bonds is 4. The summed E-state index contributed by atoms with van der Waals surface area (Å²) >= 11 is 1.28. The Morgan fingerprint density at radius 1 is 1.56 bits per heavy atom. The molecule has 84 valence electrons. The van der Waals surface area contributed by atoms with E-state index >= 15 is 0 Å². The van der Waals surface area contributed by atoms with Crippen LogP contribution < -0.4 is 0 Å². The van der Waals surface area contributed by atoms with E-state index in [1.165, 1.54) is 11.8 Å². The van der Waals surface area contributed by atoms with Gasteiger partial charge in [-0.1, -0.05) is 12.1 Å². The molecule has 0 unspecified atom stereocenters. The van der Waals surface area contributed by atoms with Gasteiger partial charge in [0.2, 0.25) is 5.89 Å². The SMILES string of the molecule is Cc1cccc2oc(CSCC(=O)O)nc12. The molecule has 0 fully saturated rings. The first-order valence-electron chi connectivity index (χ1n) is 4.81. The lowest BCUT2D eigenvalue weighted by Crippen LogP contribution is -1.98. The first-order valence-corrected chi connectivity index (χ1v) is 5.97. The van der Waals surface area contributed by atoms with Crippen LogP contribution in [0.2, 0.25) is 0 Å². The highest BCUT2D eigenvalue weighted by Crippen LogP contribution is 2.21. The third-order valence-electron chi connectivity index (χ3n) is 2.12. The van der Waals surface area contributed by atoms with Gasteiger partial charge in [-0.25, -0.2) is 4.98 Å². The van der Waals surface area contributed by atoms with Gasteiger partial charge in [0.15, 0.2) is 5.58 Å². The summed E-state index contributed by atoms with van der Waals surface area (Å²) < 4.78 is 5.51. The Kier molecular flexibility index (Phi) is 3.14. The largest absolute Gasteiger partial charge is 0.481 e. The molecule has 0 saturated heterocycles. The summed E-state index contributed by atoms with van der Waals surface area (Å²) in [6.45, 7) is 1.97. The second kappa shape index (κ2) is 4.57. The summed E-state index contributed by atoms with van der Waals surface area (Å²) in [5.41, 5.74) is 2.68. The average molecular weight is 237 g/mol. The molecule has 0 atom stereocenters. The van der Waals surface area contributed by atoms with E-state index in [0.29, 0.717) is 11.6 Å². The summed E-state index contributed by atoms with van der Waals surface area (Å²) in [6.07, 6.45) is 0. The maximum Gasteiger partial charge on any atom is 0.313 e. The number of carboxylic acids is 1. The Morgan fingerprint density at radius 2 is 2.38 bits per heavy atom. The molecule has 0 bridgehead atoms. The molecule has 4 nitrogen and oxygen atoms in total. The third-order valence-corrected chi connectivity index (χ3v) is 3.02. The minimum Gasteiger partial charge on any atom is -0.481 e. The van der Waals surface area contributed by atoms with Gasteiger partial charge < -0.3 is 9.52 Å². The van der Waals surface area contributed by atoms with E-state index in [1.54, 1.807) is 0 Å². The number of thioether (sulfide) groups is 1. The van der Waals surface area contributed by atoms with Crippen LogP contribution in [0.4, 0.5) is 0 Å². The second-order valence-corrected chi connectivity index (χ2v) is 4.40. The van der Waals surface area contributed by atoms with Crippen molar-refractivity contribution in [1.82, 2.24) is 4.98 Å². The average Bonchev–Trinajstić information content (AvgIpc) is 2.61. The molecule has 1 N–H and O–H groups in total. The molecule has 0 aliphatic heterocycles. The predicted molar refractivity (Wildman–Crippen MR) is 62.5 cm³/mol. The number of hydrogen-bond donors (Lipinski definition) is 1. The molecule has 5 heteroatoms. The number of hydrogen-bond acceptors (Lipinski definition) is 4. The highest BCUT2D eigenvalue weighted by molar-refractivity contribution is 7.99. The molecule has 0 amide bonds. The zero-order valence-corrected chi connectivity index (χ0v) is 9.58. The highest BCUT2D eigenvalue weighted by Gasteiger charge is 2.08. The van der Waals surface area contributed by atoms with E-state index in [9.17, 15) is 4.79 Å². The minimum absolute atomic E-state index is 0.0672. The van der Waals surface area contributed by atoms with Crippen molar-refractivity contribution in [3.8, 4) is 0 Å². The van der Waals surface area contributed by atoms with Crippen molar-refractivity contribution in [2.24, 2.45) is 0 Å². The monoisotopic (exact) mass is 237 g/mol. The smallest absolute Gasteiger partial charge is 0.313 e. The molecule has 16 heavy (non-hydrogen) atoms. The Labute approximate surface area is 96.7 Å². The van der Waals surface area contributed by atoms with Gasteiger partial charge in [-0.3, -0.25) is 4.79 Å². The number of carbonyl (C=O) groups is 1. The molecule has 1 aromatic carbocycles. The first-order chi connectivity index (χ1) is 7.66. The van der Waals surface area contributed by atoms with Crippen LogP contribution >= 0.6 is 11.8 Å². The molecular weight excluding hydrogens is 226 g/mol. The van der Waals surface area contributed by atoms with Crippen LogP contribution in [0, 0.1) is 6.92 Å². The molecule has 0 spiro atoms. The topological polar surface area (TPSA) is 63.3 Å².